The van der Waals surface area contributed by atoms with Crippen molar-refractivity contribution in [3.8, 4) is 0 Å². The Morgan fingerprint density at radius 1 is 1.11 bits per heavy atom. The van der Waals surface area contributed by atoms with Gasteiger partial charge in [-0.15, -0.1) is 0 Å². The molecule has 3 rings (SSSR count). The highest BCUT2D eigenvalue weighted by Crippen LogP contribution is 2.68. The number of hydrogen-bond acceptors (Lipinski definition) is 1. The molecule has 0 aromatic heterocycles. The molecular weight excluding hydrogens is 298 g/mol. The number of benzene rings is 1. The van der Waals surface area contributed by atoms with Crippen LogP contribution in [0, 0.1) is 5.41 Å². The highest BCUT2D eigenvalue weighted by atomic mass is 79.9. The largest absolute Gasteiger partial charge is 0.311 e. The molecule has 1 spiro atoms. The second-order valence-corrected chi connectivity index (χ2v) is 8.66. The molecule has 0 aliphatic heterocycles. The van der Waals surface area contributed by atoms with Crippen LogP contribution in [0.15, 0.2) is 28.7 Å². The smallest absolute Gasteiger partial charge is 0.0175 e. The fourth-order valence-corrected chi connectivity index (χ4v) is 3.85. The lowest BCUT2D eigenvalue weighted by Gasteiger charge is -2.50. The van der Waals surface area contributed by atoms with Crippen molar-refractivity contribution in [2.24, 2.45) is 5.41 Å². The Balaban J connectivity index is 1.79. The van der Waals surface area contributed by atoms with Crippen LogP contribution in [0.25, 0.3) is 0 Å². The van der Waals surface area contributed by atoms with Crippen molar-refractivity contribution in [3.63, 3.8) is 0 Å². The van der Waals surface area contributed by atoms with E-state index in [0.29, 0.717) is 5.41 Å². The molecule has 0 bridgehead atoms. The summed E-state index contributed by atoms with van der Waals surface area (Å²) in [6.45, 7) is 7.88. The van der Waals surface area contributed by atoms with Crippen LogP contribution >= 0.6 is 15.9 Å². The standard InChI is InChI=1S/C17H24BrN/c1-15(2,3)19-12-17(10-16(11-17)8-9-16)13-4-6-14(18)7-5-13/h4-7,19H,8-12H2,1-3H3. The summed E-state index contributed by atoms with van der Waals surface area (Å²) in [5, 5.41) is 3.73. The average Bonchev–Trinajstić information content (AvgIpc) is 3.05. The van der Waals surface area contributed by atoms with Crippen LogP contribution in [0.2, 0.25) is 0 Å². The van der Waals surface area contributed by atoms with Crippen LogP contribution in [-0.4, -0.2) is 12.1 Å². The van der Waals surface area contributed by atoms with Gasteiger partial charge in [-0.05, 0) is 69.6 Å². The third-order valence-electron chi connectivity index (χ3n) is 4.80. The van der Waals surface area contributed by atoms with E-state index in [-0.39, 0.29) is 5.54 Å². The van der Waals surface area contributed by atoms with E-state index in [9.17, 15) is 0 Å². The van der Waals surface area contributed by atoms with E-state index in [1.54, 1.807) is 0 Å². The zero-order valence-electron chi connectivity index (χ0n) is 12.2. The highest BCUT2D eigenvalue weighted by molar-refractivity contribution is 9.10. The fraction of sp³-hybridized carbons (Fsp3) is 0.647. The Morgan fingerprint density at radius 3 is 2.16 bits per heavy atom. The minimum atomic E-state index is 0.203. The van der Waals surface area contributed by atoms with Crippen molar-refractivity contribution in [1.82, 2.24) is 5.32 Å². The maximum atomic E-state index is 3.73. The molecule has 0 atom stereocenters. The van der Waals surface area contributed by atoms with Gasteiger partial charge in [0.1, 0.15) is 0 Å². The first-order chi connectivity index (χ1) is 8.83. The van der Waals surface area contributed by atoms with Gasteiger partial charge in [0.2, 0.25) is 0 Å². The number of nitrogens with one attached hydrogen (secondary N) is 1. The summed E-state index contributed by atoms with van der Waals surface area (Å²) in [5.74, 6) is 0. The second-order valence-electron chi connectivity index (χ2n) is 7.74. The topological polar surface area (TPSA) is 12.0 Å². The molecule has 104 valence electrons. The lowest BCUT2D eigenvalue weighted by Crippen LogP contribution is -2.53. The summed E-state index contributed by atoms with van der Waals surface area (Å²) in [4.78, 5) is 0. The first-order valence-electron chi connectivity index (χ1n) is 7.34. The second kappa shape index (κ2) is 4.33. The van der Waals surface area contributed by atoms with Gasteiger partial charge in [-0.3, -0.25) is 0 Å². The normalized spacial score (nSPS) is 23.2. The minimum absolute atomic E-state index is 0.203. The van der Waals surface area contributed by atoms with Gasteiger partial charge in [-0.25, -0.2) is 0 Å². The Hall–Kier alpha value is -0.340. The Bertz CT molecular complexity index is 457. The van der Waals surface area contributed by atoms with Gasteiger partial charge in [0.25, 0.3) is 0 Å². The maximum Gasteiger partial charge on any atom is 0.0175 e. The third-order valence-corrected chi connectivity index (χ3v) is 5.33. The Morgan fingerprint density at radius 2 is 1.68 bits per heavy atom. The highest BCUT2D eigenvalue weighted by Gasteiger charge is 2.61. The summed E-state index contributed by atoms with van der Waals surface area (Å²) in [5.41, 5.74) is 2.83. The van der Waals surface area contributed by atoms with Crippen molar-refractivity contribution < 1.29 is 0 Å². The van der Waals surface area contributed by atoms with E-state index in [4.69, 9.17) is 0 Å². The molecule has 1 N–H and O–H groups in total. The molecule has 1 aromatic carbocycles. The summed E-state index contributed by atoms with van der Waals surface area (Å²) in [7, 11) is 0. The summed E-state index contributed by atoms with van der Waals surface area (Å²) in [6.07, 6.45) is 5.68. The molecule has 0 heterocycles. The zero-order valence-corrected chi connectivity index (χ0v) is 13.8. The van der Waals surface area contributed by atoms with E-state index in [2.05, 4.69) is 66.3 Å². The molecule has 2 fully saturated rings. The average molecular weight is 322 g/mol. The van der Waals surface area contributed by atoms with Gasteiger partial charge < -0.3 is 5.32 Å². The van der Waals surface area contributed by atoms with Crippen molar-refractivity contribution in [2.75, 3.05) is 6.54 Å². The molecule has 2 heteroatoms. The van der Waals surface area contributed by atoms with E-state index in [1.807, 2.05) is 0 Å². The van der Waals surface area contributed by atoms with Crippen LogP contribution < -0.4 is 5.32 Å². The molecule has 2 aliphatic carbocycles. The Labute approximate surface area is 125 Å². The maximum absolute atomic E-state index is 3.73. The van der Waals surface area contributed by atoms with Gasteiger partial charge in [0, 0.05) is 22.0 Å². The fourth-order valence-electron chi connectivity index (χ4n) is 3.58. The summed E-state index contributed by atoms with van der Waals surface area (Å²) in [6, 6.07) is 8.99. The SMILES string of the molecule is CC(C)(C)NCC1(c2ccc(Br)cc2)CC2(CC2)C1. The van der Waals surface area contributed by atoms with E-state index < -0.39 is 0 Å². The van der Waals surface area contributed by atoms with Gasteiger partial charge in [0.05, 0.1) is 0 Å². The Kier molecular flexibility index (Phi) is 3.10. The molecule has 0 saturated heterocycles. The molecule has 2 saturated carbocycles. The molecule has 1 nitrogen and oxygen atoms in total. The number of rotatable bonds is 3. The van der Waals surface area contributed by atoms with Crippen LogP contribution in [0.3, 0.4) is 0 Å². The molecular formula is C17H24BrN. The van der Waals surface area contributed by atoms with E-state index >= 15 is 0 Å². The van der Waals surface area contributed by atoms with E-state index in [0.717, 1.165) is 12.0 Å². The zero-order chi connectivity index (χ0) is 13.7. The lowest BCUT2D eigenvalue weighted by molar-refractivity contribution is 0.108. The van der Waals surface area contributed by atoms with Crippen molar-refractivity contribution in [2.45, 2.75) is 57.4 Å². The van der Waals surface area contributed by atoms with Crippen LogP contribution in [0.5, 0.6) is 0 Å². The first kappa shape index (κ1) is 13.6. The first-order valence-corrected chi connectivity index (χ1v) is 8.13. The van der Waals surface area contributed by atoms with E-state index in [1.165, 1.54) is 35.7 Å². The predicted molar refractivity (Wildman–Crippen MR) is 84.5 cm³/mol. The lowest BCUT2D eigenvalue weighted by atomic mass is 9.56. The number of hydrogen-bond donors (Lipinski definition) is 1. The van der Waals surface area contributed by atoms with Crippen LogP contribution in [0.4, 0.5) is 0 Å². The molecule has 0 amide bonds. The molecule has 19 heavy (non-hydrogen) atoms. The summed E-state index contributed by atoms with van der Waals surface area (Å²) < 4.78 is 1.18. The van der Waals surface area contributed by atoms with Crippen LogP contribution in [-0.2, 0) is 5.41 Å². The molecule has 0 unspecified atom stereocenters. The monoisotopic (exact) mass is 321 g/mol. The quantitative estimate of drug-likeness (QED) is 0.854. The molecule has 2 aliphatic rings. The minimum Gasteiger partial charge on any atom is -0.311 e. The number of halogens is 1. The summed E-state index contributed by atoms with van der Waals surface area (Å²) >= 11 is 3.54. The van der Waals surface area contributed by atoms with Crippen molar-refractivity contribution in [3.05, 3.63) is 34.3 Å². The van der Waals surface area contributed by atoms with Gasteiger partial charge >= 0.3 is 0 Å². The van der Waals surface area contributed by atoms with Gasteiger partial charge in [-0.2, -0.15) is 0 Å². The predicted octanol–water partition coefficient (Wildman–Crippen LogP) is 4.65. The molecule has 1 aromatic rings. The molecule has 0 radical (unpaired) electrons. The van der Waals surface area contributed by atoms with Crippen molar-refractivity contribution in [1.29, 1.82) is 0 Å². The van der Waals surface area contributed by atoms with Gasteiger partial charge in [-0.1, -0.05) is 28.1 Å². The third kappa shape index (κ3) is 2.75. The van der Waals surface area contributed by atoms with Crippen LogP contribution in [0.1, 0.15) is 52.0 Å². The van der Waals surface area contributed by atoms with Gasteiger partial charge in [0.15, 0.2) is 0 Å². The van der Waals surface area contributed by atoms with Crippen molar-refractivity contribution >= 4 is 15.9 Å².